The van der Waals surface area contributed by atoms with Crippen LogP contribution in [0.15, 0.2) is 24.3 Å². The molecule has 4 nitrogen and oxygen atoms in total. The van der Waals surface area contributed by atoms with Gasteiger partial charge in [-0.15, -0.1) is 0 Å². The lowest BCUT2D eigenvalue weighted by atomic mass is 10.0. The van der Waals surface area contributed by atoms with Gasteiger partial charge in [0.15, 0.2) is 6.61 Å². The van der Waals surface area contributed by atoms with E-state index in [0.717, 1.165) is 11.3 Å². The number of hydrogen-bond acceptors (Lipinski definition) is 3. The zero-order valence-electron chi connectivity index (χ0n) is 13.5. The van der Waals surface area contributed by atoms with Crippen LogP contribution >= 0.6 is 0 Å². The van der Waals surface area contributed by atoms with Crippen LogP contribution in [0.3, 0.4) is 0 Å². The molecular formula is C17H27NO3. The monoisotopic (exact) mass is 293 g/mol. The van der Waals surface area contributed by atoms with Gasteiger partial charge in [0.1, 0.15) is 5.75 Å². The zero-order valence-corrected chi connectivity index (χ0v) is 13.5. The Kier molecular flexibility index (Phi) is 7.23. The van der Waals surface area contributed by atoms with Crippen molar-refractivity contribution < 1.29 is 14.6 Å². The Labute approximate surface area is 127 Å². The summed E-state index contributed by atoms with van der Waals surface area (Å²) in [6.45, 7) is 8.83. The summed E-state index contributed by atoms with van der Waals surface area (Å²) in [6, 6.07) is 7.92. The molecule has 0 saturated heterocycles. The Morgan fingerprint density at radius 2 is 1.90 bits per heavy atom. The van der Waals surface area contributed by atoms with Crippen molar-refractivity contribution in [2.75, 3.05) is 19.8 Å². The minimum absolute atomic E-state index is 0.0351. The fourth-order valence-corrected chi connectivity index (χ4v) is 2.22. The molecule has 0 heterocycles. The van der Waals surface area contributed by atoms with Gasteiger partial charge in [-0.25, -0.2) is 0 Å². The second kappa shape index (κ2) is 8.67. The van der Waals surface area contributed by atoms with E-state index >= 15 is 0 Å². The first-order chi connectivity index (χ1) is 9.97. The van der Waals surface area contributed by atoms with Crippen molar-refractivity contribution in [3.63, 3.8) is 0 Å². The second-order valence-electron chi connectivity index (χ2n) is 5.74. The molecule has 1 rings (SSSR count). The first-order valence-electron chi connectivity index (χ1n) is 7.59. The molecule has 0 atom stereocenters. The van der Waals surface area contributed by atoms with Gasteiger partial charge in [0.25, 0.3) is 5.91 Å². The summed E-state index contributed by atoms with van der Waals surface area (Å²) in [4.78, 5) is 14.0. The SMILES string of the molecule is CC(C)c1ccccc1OCC(=O)N(CCCO)C(C)C. The Bertz CT molecular complexity index is 443. The normalized spacial score (nSPS) is 11.0. The molecule has 0 aliphatic carbocycles. The Morgan fingerprint density at radius 1 is 1.24 bits per heavy atom. The van der Waals surface area contributed by atoms with Crippen molar-refractivity contribution in [2.24, 2.45) is 0 Å². The summed E-state index contributed by atoms with van der Waals surface area (Å²) in [6.07, 6.45) is 0.590. The number of aliphatic hydroxyl groups is 1. The maximum atomic E-state index is 12.3. The van der Waals surface area contributed by atoms with Crippen LogP contribution in [0.2, 0.25) is 0 Å². The number of ether oxygens (including phenoxy) is 1. The minimum atomic E-state index is -0.0444. The van der Waals surface area contributed by atoms with Crippen LogP contribution in [0.1, 0.15) is 45.6 Å². The largest absolute Gasteiger partial charge is 0.483 e. The number of hydrogen-bond donors (Lipinski definition) is 1. The number of benzene rings is 1. The van der Waals surface area contributed by atoms with E-state index in [1.54, 1.807) is 4.90 Å². The lowest BCUT2D eigenvalue weighted by Crippen LogP contribution is -2.40. The lowest BCUT2D eigenvalue weighted by Gasteiger charge is -2.26. The highest BCUT2D eigenvalue weighted by Crippen LogP contribution is 2.25. The summed E-state index contributed by atoms with van der Waals surface area (Å²) in [5.41, 5.74) is 1.11. The summed E-state index contributed by atoms with van der Waals surface area (Å²) in [5, 5.41) is 8.91. The molecular weight excluding hydrogens is 266 g/mol. The van der Waals surface area contributed by atoms with Gasteiger partial charge in [0, 0.05) is 19.2 Å². The summed E-state index contributed by atoms with van der Waals surface area (Å²) in [5.74, 6) is 1.08. The molecule has 1 aromatic carbocycles. The first-order valence-corrected chi connectivity index (χ1v) is 7.59. The Hall–Kier alpha value is -1.55. The van der Waals surface area contributed by atoms with Crippen LogP contribution in [0, 0.1) is 0 Å². The fraction of sp³-hybridized carbons (Fsp3) is 0.588. The minimum Gasteiger partial charge on any atom is -0.483 e. The molecule has 1 aromatic rings. The van der Waals surface area contributed by atoms with Crippen molar-refractivity contribution in [3.8, 4) is 5.75 Å². The molecule has 0 unspecified atom stereocenters. The van der Waals surface area contributed by atoms with Gasteiger partial charge in [0.05, 0.1) is 0 Å². The standard InChI is InChI=1S/C17H27NO3/c1-13(2)15-8-5-6-9-16(15)21-12-17(20)18(14(3)4)10-7-11-19/h5-6,8-9,13-14,19H,7,10-12H2,1-4H3. The molecule has 1 amide bonds. The molecule has 0 bridgehead atoms. The summed E-state index contributed by atoms with van der Waals surface area (Å²) >= 11 is 0. The van der Waals surface area contributed by atoms with Gasteiger partial charge in [0.2, 0.25) is 0 Å². The molecule has 1 N–H and O–H groups in total. The average molecular weight is 293 g/mol. The number of rotatable bonds is 8. The smallest absolute Gasteiger partial charge is 0.260 e. The molecule has 0 fully saturated rings. The molecule has 21 heavy (non-hydrogen) atoms. The molecule has 4 heteroatoms. The Balaban J connectivity index is 2.67. The van der Waals surface area contributed by atoms with Crippen molar-refractivity contribution in [1.82, 2.24) is 4.90 Å². The van der Waals surface area contributed by atoms with E-state index in [1.165, 1.54) is 0 Å². The molecule has 118 valence electrons. The van der Waals surface area contributed by atoms with Crippen LogP contribution in [-0.4, -0.2) is 41.7 Å². The van der Waals surface area contributed by atoms with Crippen molar-refractivity contribution >= 4 is 5.91 Å². The van der Waals surface area contributed by atoms with E-state index in [9.17, 15) is 4.79 Å². The average Bonchev–Trinajstić information content (AvgIpc) is 2.45. The maximum absolute atomic E-state index is 12.3. The third-order valence-corrected chi connectivity index (χ3v) is 3.39. The predicted octanol–water partition coefficient (Wildman–Crippen LogP) is 2.81. The summed E-state index contributed by atoms with van der Waals surface area (Å²) < 4.78 is 5.72. The van der Waals surface area contributed by atoms with E-state index in [0.29, 0.717) is 18.9 Å². The number of carbonyl (C=O) groups excluding carboxylic acids is 1. The van der Waals surface area contributed by atoms with Crippen LogP contribution in [0.4, 0.5) is 0 Å². The number of amides is 1. The van der Waals surface area contributed by atoms with Gasteiger partial charge < -0.3 is 14.7 Å². The quantitative estimate of drug-likeness (QED) is 0.802. The number of nitrogens with zero attached hydrogens (tertiary/aromatic N) is 1. The van der Waals surface area contributed by atoms with Gasteiger partial charge in [-0.05, 0) is 37.8 Å². The number of para-hydroxylation sites is 1. The highest BCUT2D eigenvalue weighted by Gasteiger charge is 2.17. The van der Waals surface area contributed by atoms with Gasteiger partial charge in [-0.1, -0.05) is 32.0 Å². The van der Waals surface area contributed by atoms with Gasteiger partial charge in [-0.2, -0.15) is 0 Å². The molecule has 0 aliphatic heterocycles. The Morgan fingerprint density at radius 3 is 2.48 bits per heavy atom. The van der Waals surface area contributed by atoms with Crippen LogP contribution in [0.5, 0.6) is 5.75 Å². The maximum Gasteiger partial charge on any atom is 0.260 e. The van der Waals surface area contributed by atoms with E-state index in [-0.39, 0.29) is 25.2 Å². The molecule has 0 spiro atoms. The van der Waals surface area contributed by atoms with Crippen molar-refractivity contribution in [1.29, 1.82) is 0 Å². The first kappa shape index (κ1) is 17.5. The van der Waals surface area contributed by atoms with E-state index in [2.05, 4.69) is 13.8 Å². The van der Waals surface area contributed by atoms with E-state index in [1.807, 2.05) is 38.1 Å². The van der Waals surface area contributed by atoms with Gasteiger partial charge in [-0.3, -0.25) is 4.79 Å². The van der Waals surface area contributed by atoms with Crippen LogP contribution < -0.4 is 4.74 Å². The highest BCUT2D eigenvalue weighted by atomic mass is 16.5. The van der Waals surface area contributed by atoms with E-state index in [4.69, 9.17) is 9.84 Å². The van der Waals surface area contributed by atoms with Crippen molar-refractivity contribution in [2.45, 2.75) is 46.1 Å². The lowest BCUT2D eigenvalue weighted by molar-refractivity contribution is -0.135. The topological polar surface area (TPSA) is 49.8 Å². The summed E-state index contributed by atoms with van der Waals surface area (Å²) in [7, 11) is 0. The molecule has 0 radical (unpaired) electrons. The van der Waals surface area contributed by atoms with Crippen LogP contribution in [0.25, 0.3) is 0 Å². The van der Waals surface area contributed by atoms with Crippen LogP contribution in [-0.2, 0) is 4.79 Å². The third kappa shape index (κ3) is 5.38. The predicted molar refractivity (Wildman–Crippen MR) is 84.6 cm³/mol. The number of carbonyl (C=O) groups is 1. The third-order valence-electron chi connectivity index (χ3n) is 3.39. The van der Waals surface area contributed by atoms with Gasteiger partial charge >= 0.3 is 0 Å². The second-order valence-corrected chi connectivity index (χ2v) is 5.74. The zero-order chi connectivity index (χ0) is 15.8. The molecule has 0 saturated carbocycles. The van der Waals surface area contributed by atoms with Crippen molar-refractivity contribution in [3.05, 3.63) is 29.8 Å². The highest BCUT2D eigenvalue weighted by molar-refractivity contribution is 5.78. The van der Waals surface area contributed by atoms with E-state index < -0.39 is 0 Å². The molecule has 0 aromatic heterocycles. The number of aliphatic hydroxyl groups excluding tert-OH is 1. The molecule has 0 aliphatic rings. The fourth-order valence-electron chi connectivity index (χ4n) is 2.22.